The average molecular weight is 288 g/mol. The normalized spacial score (nSPS) is 11.8. The Morgan fingerprint density at radius 2 is 2.05 bits per heavy atom. The number of sulfonamides is 1. The molecule has 1 aromatic rings. The van der Waals surface area contributed by atoms with Crippen molar-refractivity contribution in [3.8, 4) is 5.75 Å². The molecule has 3 N–H and O–H groups in total. The van der Waals surface area contributed by atoms with Gasteiger partial charge >= 0.3 is 0 Å². The SMILES string of the molecule is COc1ccc(N)cc1S(=O)(=O)NCCOC(C)C. The third-order valence-electron chi connectivity index (χ3n) is 2.32. The van der Waals surface area contributed by atoms with Gasteiger partial charge in [0.25, 0.3) is 0 Å². The van der Waals surface area contributed by atoms with Crippen LogP contribution in [0.25, 0.3) is 0 Å². The zero-order valence-electron chi connectivity index (χ0n) is 11.3. The molecule has 19 heavy (non-hydrogen) atoms. The number of nitrogens with two attached hydrogens (primary N) is 1. The summed E-state index contributed by atoms with van der Waals surface area (Å²) in [7, 11) is -2.25. The van der Waals surface area contributed by atoms with Crippen LogP contribution in [-0.4, -0.2) is 34.8 Å². The number of benzene rings is 1. The van der Waals surface area contributed by atoms with Crippen LogP contribution in [0.15, 0.2) is 23.1 Å². The van der Waals surface area contributed by atoms with Gasteiger partial charge in [0.05, 0.1) is 19.8 Å². The van der Waals surface area contributed by atoms with E-state index in [1.807, 2.05) is 13.8 Å². The fraction of sp³-hybridized carbons (Fsp3) is 0.500. The molecule has 0 aliphatic carbocycles. The molecule has 6 nitrogen and oxygen atoms in total. The number of rotatable bonds is 7. The van der Waals surface area contributed by atoms with E-state index >= 15 is 0 Å². The molecular weight excluding hydrogens is 268 g/mol. The van der Waals surface area contributed by atoms with Gasteiger partial charge in [-0.05, 0) is 32.0 Å². The van der Waals surface area contributed by atoms with Crippen LogP contribution in [0.1, 0.15) is 13.8 Å². The minimum absolute atomic E-state index is 0.0274. The van der Waals surface area contributed by atoms with Gasteiger partial charge in [-0.2, -0.15) is 0 Å². The number of ether oxygens (including phenoxy) is 2. The van der Waals surface area contributed by atoms with Gasteiger partial charge in [0.15, 0.2) is 0 Å². The van der Waals surface area contributed by atoms with Crippen molar-refractivity contribution in [2.24, 2.45) is 0 Å². The lowest BCUT2D eigenvalue weighted by Gasteiger charge is -2.12. The van der Waals surface area contributed by atoms with Gasteiger partial charge in [0.2, 0.25) is 10.0 Å². The Kier molecular flexibility index (Phi) is 5.59. The van der Waals surface area contributed by atoms with Crippen molar-refractivity contribution in [3.05, 3.63) is 18.2 Å². The van der Waals surface area contributed by atoms with E-state index in [1.165, 1.54) is 19.2 Å². The summed E-state index contributed by atoms with van der Waals surface area (Å²) in [6, 6.07) is 4.47. The van der Waals surface area contributed by atoms with Crippen molar-refractivity contribution in [2.45, 2.75) is 24.8 Å². The first kappa shape index (κ1) is 15.7. The highest BCUT2D eigenvalue weighted by molar-refractivity contribution is 7.89. The van der Waals surface area contributed by atoms with Crippen molar-refractivity contribution in [3.63, 3.8) is 0 Å². The third kappa shape index (κ3) is 4.70. The first-order chi connectivity index (χ1) is 8.86. The van der Waals surface area contributed by atoms with Gasteiger partial charge < -0.3 is 15.2 Å². The maximum Gasteiger partial charge on any atom is 0.244 e. The van der Waals surface area contributed by atoms with Crippen molar-refractivity contribution < 1.29 is 17.9 Å². The molecule has 0 spiro atoms. The summed E-state index contributed by atoms with van der Waals surface area (Å²) in [5, 5.41) is 0. The largest absolute Gasteiger partial charge is 0.495 e. The maximum atomic E-state index is 12.1. The summed E-state index contributed by atoms with van der Waals surface area (Å²) in [6.45, 7) is 4.27. The van der Waals surface area contributed by atoms with Crippen LogP contribution in [0.4, 0.5) is 5.69 Å². The lowest BCUT2D eigenvalue weighted by molar-refractivity contribution is 0.0834. The quantitative estimate of drug-likeness (QED) is 0.576. The van der Waals surface area contributed by atoms with E-state index in [2.05, 4.69) is 4.72 Å². The predicted octanol–water partition coefficient (Wildman–Crippen LogP) is 0.981. The molecule has 1 aromatic carbocycles. The van der Waals surface area contributed by atoms with Gasteiger partial charge in [-0.15, -0.1) is 0 Å². The molecule has 0 heterocycles. The minimum Gasteiger partial charge on any atom is -0.495 e. The first-order valence-corrected chi connectivity index (χ1v) is 7.40. The lowest BCUT2D eigenvalue weighted by atomic mass is 10.3. The Hall–Kier alpha value is -1.31. The van der Waals surface area contributed by atoms with Crippen LogP contribution in [0.5, 0.6) is 5.75 Å². The first-order valence-electron chi connectivity index (χ1n) is 5.91. The Morgan fingerprint density at radius 1 is 1.37 bits per heavy atom. The van der Waals surface area contributed by atoms with Crippen LogP contribution in [0.2, 0.25) is 0 Å². The van der Waals surface area contributed by atoms with Crippen LogP contribution in [0, 0.1) is 0 Å². The summed E-state index contributed by atoms with van der Waals surface area (Å²) in [5.74, 6) is 0.256. The Morgan fingerprint density at radius 3 is 2.63 bits per heavy atom. The van der Waals surface area contributed by atoms with E-state index in [0.29, 0.717) is 12.3 Å². The van der Waals surface area contributed by atoms with Crippen LogP contribution in [0.3, 0.4) is 0 Å². The van der Waals surface area contributed by atoms with Crippen molar-refractivity contribution in [2.75, 3.05) is 26.0 Å². The monoisotopic (exact) mass is 288 g/mol. The van der Waals surface area contributed by atoms with Crippen LogP contribution in [-0.2, 0) is 14.8 Å². The lowest BCUT2D eigenvalue weighted by Crippen LogP contribution is -2.28. The zero-order valence-corrected chi connectivity index (χ0v) is 12.2. The predicted molar refractivity (Wildman–Crippen MR) is 73.7 cm³/mol. The fourth-order valence-corrected chi connectivity index (χ4v) is 2.67. The minimum atomic E-state index is -3.66. The van der Waals surface area contributed by atoms with Gasteiger partial charge in [-0.25, -0.2) is 13.1 Å². The van der Waals surface area contributed by atoms with Gasteiger partial charge in [0, 0.05) is 12.2 Å². The molecule has 0 saturated carbocycles. The molecule has 0 atom stereocenters. The number of anilines is 1. The third-order valence-corrected chi connectivity index (χ3v) is 3.80. The number of hydrogen-bond acceptors (Lipinski definition) is 5. The van der Waals surface area contributed by atoms with E-state index in [1.54, 1.807) is 6.07 Å². The molecule has 0 fully saturated rings. The highest BCUT2D eigenvalue weighted by atomic mass is 32.2. The Balaban J connectivity index is 2.79. The molecule has 0 aliphatic rings. The van der Waals surface area contributed by atoms with Gasteiger partial charge in [-0.3, -0.25) is 0 Å². The number of hydrogen-bond donors (Lipinski definition) is 2. The maximum absolute atomic E-state index is 12.1. The second-order valence-corrected chi connectivity index (χ2v) is 5.96. The van der Waals surface area contributed by atoms with E-state index < -0.39 is 10.0 Å². The molecular formula is C12H20N2O4S. The van der Waals surface area contributed by atoms with Gasteiger partial charge in [-0.1, -0.05) is 0 Å². The molecule has 0 radical (unpaired) electrons. The molecule has 0 unspecified atom stereocenters. The molecule has 0 amide bonds. The van der Waals surface area contributed by atoms with E-state index in [9.17, 15) is 8.42 Å². The molecule has 108 valence electrons. The van der Waals surface area contributed by atoms with Crippen LogP contribution < -0.4 is 15.2 Å². The van der Waals surface area contributed by atoms with Crippen molar-refractivity contribution >= 4 is 15.7 Å². The molecule has 0 aliphatic heterocycles. The van der Waals surface area contributed by atoms with Crippen LogP contribution >= 0.6 is 0 Å². The van der Waals surface area contributed by atoms with E-state index in [4.69, 9.17) is 15.2 Å². The second kappa shape index (κ2) is 6.74. The zero-order chi connectivity index (χ0) is 14.5. The molecule has 0 aromatic heterocycles. The number of methoxy groups -OCH3 is 1. The molecule has 1 rings (SSSR count). The van der Waals surface area contributed by atoms with E-state index in [-0.39, 0.29) is 23.3 Å². The van der Waals surface area contributed by atoms with E-state index in [0.717, 1.165) is 0 Å². The molecule has 0 saturated heterocycles. The standard InChI is InChI=1S/C12H20N2O4S/c1-9(2)18-7-6-14-19(15,16)12-8-10(13)4-5-11(12)17-3/h4-5,8-9,14H,6-7,13H2,1-3H3. The van der Waals surface area contributed by atoms with Gasteiger partial charge in [0.1, 0.15) is 10.6 Å². The summed E-state index contributed by atoms with van der Waals surface area (Å²) < 4.78 is 37.0. The summed E-state index contributed by atoms with van der Waals surface area (Å²) in [6.07, 6.45) is 0.0615. The summed E-state index contributed by atoms with van der Waals surface area (Å²) >= 11 is 0. The number of nitrogens with one attached hydrogen (secondary N) is 1. The summed E-state index contributed by atoms with van der Waals surface area (Å²) in [4.78, 5) is 0.0274. The topological polar surface area (TPSA) is 90.7 Å². The molecule has 7 heteroatoms. The smallest absolute Gasteiger partial charge is 0.244 e. The highest BCUT2D eigenvalue weighted by Gasteiger charge is 2.19. The Bertz CT molecular complexity index is 514. The Labute approximate surface area is 113 Å². The molecule has 0 bridgehead atoms. The summed E-state index contributed by atoms with van der Waals surface area (Å²) in [5.41, 5.74) is 5.96. The highest BCUT2D eigenvalue weighted by Crippen LogP contribution is 2.25. The number of nitrogen functional groups attached to an aromatic ring is 1. The van der Waals surface area contributed by atoms with Crippen molar-refractivity contribution in [1.29, 1.82) is 0 Å². The second-order valence-electron chi connectivity index (χ2n) is 4.23. The fourth-order valence-electron chi connectivity index (χ4n) is 1.45. The average Bonchev–Trinajstić information content (AvgIpc) is 2.34. The van der Waals surface area contributed by atoms with Crippen molar-refractivity contribution in [1.82, 2.24) is 4.72 Å².